The predicted octanol–water partition coefficient (Wildman–Crippen LogP) is 2.57. The molecule has 2 N–H and O–H groups in total. The highest BCUT2D eigenvalue weighted by molar-refractivity contribution is 5.77. The van der Waals surface area contributed by atoms with Gasteiger partial charge in [-0.15, -0.1) is 0 Å². The summed E-state index contributed by atoms with van der Waals surface area (Å²) in [6.45, 7) is 2.00. The fourth-order valence-corrected chi connectivity index (χ4v) is 2.32. The Morgan fingerprint density at radius 2 is 1.68 bits per heavy atom. The van der Waals surface area contributed by atoms with E-state index in [4.69, 9.17) is 20.0 Å². The first-order valence-corrected chi connectivity index (χ1v) is 6.85. The molecule has 6 heteroatoms. The molecule has 0 aromatic rings. The molecule has 1 rings (SSSR count). The van der Waals surface area contributed by atoms with Crippen molar-refractivity contribution in [1.29, 1.82) is 0 Å². The van der Waals surface area contributed by atoms with Crippen LogP contribution in [0.15, 0.2) is 0 Å². The molecular formula is C13H22O6. The first-order valence-electron chi connectivity index (χ1n) is 6.85. The zero-order valence-electron chi connectivity index (χ0n) is 11.3. The van der Waals surface area contributed by atoms with Crippen LogP contribution in [0.2, 0.25) is 0 Å². The van der Waals surface area contributed by atoms with Crippen LogP contribution in [-0.2, 0) is 19.4 Å². The third kappa shape index (κ3) is 4.80. The van der Waals surface area contributed by atoms with Gasteiger partial charge in [-0.2, -0.15) is 9.78 Å². The van der Waals surface area contributed by atoms with Gasteiger partial charge in [0.15, 0.2) is 0 Å². The molecule has 0 aromatic carbocycles. The minimum absolute atomic E-state index is 0.130. The molecule has 0 bridgehead atoms. The Labute approximate surface area is 112 Å². The molecule has 0 radical (unpaired) electrons. The van der Waals surface area contributed by atoms with Crippen LogP contribution in [-0.4, -0.2) is 27.9 Å². The third-order valence-corrected chi connectivity index (χ3v) is 3.43. The van der Waals surface area contributed by atoms with Crippen LogP contribution in [0.4, 0.5) is 0 Å². The maximum atomic E-state index is 11.1. The van der Waals surface area contributed by atoms with Crippen LogP contribution in [0.5, 0.6) is 0 Å². The number of hydrogen-bond acceptors (Lipinski definition) is 4. The average molecular weight is 274 g/mol. The second kappa shape index (κ2) is 7.45. The molecule has 0 saturated carbocycles. The van der Waals surface area contributed by atoms with E-state index in [9.17, 15) is 9.59 Å². The Balaban J connectivity index is 2.24. The lowest BCUT2D eigenvalue weighted by molar-refractivity contribution is -0.147. The molecule has 6 nitrogen and oxygen atoms in total. The van der Waals surface area contributed by atoms with E-state index in [0.29, 0.717) is 6.42 Å². The van der Waals surface area contributed by atoms with Crippen molar-refractivity contribution in [3.63, 3.8) is 0 Å². The SMILES string of the molecule is CCCC(CCCCCCC(=O)O)C1(C(=O)O)OO1. The summed E-state index contributed by atoms with van der Waals surface area (Å²) in [5, 5.41) is 17.6. The van der Waals surface area contributed by atoms with Crippen LogP contribution in [0.25, 0.3) is 0 Å². The monoisotopic (exact) mass is 274 g/mol. The first-order chi connectivity index (χ1) is 9.03. The van der Waals surface area contributed by atoms with E-state index in [-0.39, 0.29) is 12.3 Å². The van der Waals surface area contributed by atoms with Crippen molar-refractivity contribution in [1.82, 2.24) is 0 Å². The minimum Gasteiger partial charge on any atom is -0.481 e. The number of unbranched alkanes of at least 4 members (excludes halogenated alkanes) is 3. The molecular weight excluding hydrogens is 252 g/mol. The summed E-state index contributed by atoms with van der Waals surface area (Å²) >= 11 is 0. The Morgan fingerprint density at radius 1 is 1.05 bits per heavy atom. The lowest BCUT2D eigenvalue weighted by atomic mass is 9.89. The van der Waals surface area contributed by atoms with E-state index in [2.05, 4.69) is 0 Å². The standard InChI is InChI=1S/C13H22O6/c1-2-7-10(13(12(16)17)18-19-13)8-5-3-4-6-9-11(14)15/h10H,2-9H2,1H3,(H,14,15)(H,16,17). The maximum absolute atomic E-state index is 11.1. The number of carboxylic acids is 2. The summed E-state index contributed by atoms with van der Waals surface area (Å²) in [7, 11) is 0. The molecule has 1 fully saturated rings. The third-order valence-electron chi connectivity index (χ3n) is 3.43. The lowest BCUT2D eigenvalue weighted by Crippen LogP contribution is -2.33. The van der Waals surface area contributed by atoms with Crippen molar-refractivity contribution in [2.24, 2.45) is 5.92 Å². The molecule has 110 valence electrons. The normalized spacial score (nSPS) is 17.9. The van der Waals surface area contributed by atoms with Gasteiger partial charge in [0, 0.05) is 12.3 Å². The van der Waals surface area contributed by atoms with Gasteiger partial charge in [-0.05, 0) is 19.3 Å². The predicted molar refractivity (Wildman–Crippen MR) is 66.3 cm³/mol. The second-order valence-electron chi connectivity index (χ2n) is 4.97. The van der Waals surface area contributed by atoms with Gasteiger partial charge in [-0.1, -0.05) is 32.6 Å². The van der Waals surface area contributed by atoms with E-state index < -0.39 is 17.7 Å². The Morgan fingerprint density at radius 3 is 2.16 bits per heavy atom. The average Bonchev–Trinajstić information content (AvgIpc) is 3.13. The molecule has 1 aliphatic rings. The summed E-state index contributed by atoms with van der Waals surface area (Å²) in [4.78, 5) is 30.8. The quantitative estimate of drug-likeness (QED) is 0.341. The van der Waals surface area contributed by atoms with E-state index in [1.165, 1.54) is 0 Å². The van der Waals surface area contributed by atoms with Crippen LogP contribution >= 0.6 is 0 Å². The summed E-state index contributed by atoms with van der Waals surface area (Å²) in [5.74, 6) is -3.38. The molecule has 1 saturated heterocycles. The summed E-state index contributed by atoms with van der Waals surface area (Å²) in [5.41, 5.74) is 0. The van der Waals surface area contributed by atoms with Crippen molar-refractivity contribution in [3.8, 4) is 0 Å². The van der Waals surface area contributed by atoms with Gasteiger partial charge in [0.2, 0.25) is 0 Å². The highest BCUT2D eigenvalue weighted by Crippen LogP contribution is 2.42. The number of aliphatic carboxylic acids is 2. The number of rotatable bonds is 11. The summed E-state index contributed by atoms with van der Waals surface area (Å²) in [6, 6.07) is 0. The molecule has 0 amide bonds. The van der Waals surface area contributed by atoms with E-state index in [0.717, 1.165) is 38.5 Å². The number of hydrogen-bond donors (Lipinski definition) is 2. The van der Waals surface area contributed by atoms with Crippen molar-refractivity contribution >= 4 is 11.9 Å². The van der Waals surface area contributed by atoms with Crippen molar-refractivity contribution in [3.05, 3.63) is 0 Å². The van der Waals surface area contributed by atoms with Gasteiger partial charge in [0.25, 0.3) is 0 Å². The minimum atomic E-state index is -1.42. The van der Waals surface area contributed by atoms with Gasteiger partial charge >= 0.3 is 17.7 Å². The molecule has 1 atom stereocenters. The maximum Gasteiger partial charge on any atom is 0.370 e. The topological polar surface area (TPSA) is 99.7 Å². The molecule has 0 aliphatic carbocycles. The van der Waals surface area contributed by atoms with Gasteiger partial charge in [0.05, 0.1) is 0 Å². The first kappa shape index (κ1) is 15.9. The van der Waals surface area contributed by atoms with Gasteiger partial charge in [-0.3, -0.25) is 4.79 Å². The second-order valence-corrected chi connectivity index (χ2v) is 4.97. The fourth-order valence-electron chi connectivity index (χ4n) is 2.32. The van der Waals surface area contributed by atoms with Crippen molar-refractivity contribution in [2.75, 3.05) is 0 Å². The van der Waals surface area contributed by atoms with Crippen LogP contribution in [0.3, 0.4) is 0 Å². The Hall–Kier alpha value is -1.14. The van der Waals surface area contributed by atoms with Crippen molar-refractivity contribution in [2.45, 2.75) is 64.1 Å². The van der Waals surface area contributed by atoms with Crippen LogP contribution in [0, 0.1) is 5.92 Å². The molecule has 0 spiro atoms. The Bertz CT molecular complexity index is 310. The van der Waals surface area contributed by atoms with Gasteiger partial charge in [-0.25, -0.2) is 4.79 Å². The summed E-state index contributed by atoms with van der Waals surface area (Å²) < 4.78 is 0. The molecule has 0 aromatic heterocycles. The van der Waals surface area contributed by atoms with Crippen LogP contribution < -0.4 is 0 Å². The fraction of sp³-hybridized carbons (Fsp3) is 0.846. The van der Waals surface area contributed by atoms with Crippen LogP contribution in [0.1, 0.15) is 58.3 Å². The Kier molecular flexibility index (Phi) is 6.24. The zero-order chi connectivity index (χ0) is 14.3. The molecule has 1 aliphatic heterocycles. The highest BCUT2D eigenvalue weighted by atomic mass is 17.4. The van der Waals surface area contributed by atoms with E-state index >= 15 is 0 Å². The smallest absolute Gasteiger partial charge is 0.370 e. The van der Waals surface area contributed by atoms with E-state index in [1.54, 1.807) is 0 Å². The molecule has 19 heavy (non-hydrogen) atoms. The molecule has 1 unspecified atom stereocenters. The van der Waals surface area contributed by atoms with E-state index in [1.807, 2.05) is 6.92 Å². The van der Waals surface area contributed by atoms with Crippen molar-refractivity contribution < 1.29 is 29.6 Å². The molecule has 1 heterocycles. The number of carbonyl (C=O) groups is 2. The summed E-state index contributed by atoms with van der Waals surface area (Å²) in [6.07, 6.45) is 5.86. The van der Waals surface area contributed by atoms with Gasteiger partial charge < -0.3 is 10.2 Å². The lowest BCUT2D eigenvalue weighted by Gasteiger charge is -2.16. The zero-order valence-corrected chi connectivity index (χ0v) is 11.3. The van der Waals surface area contributed by atoms with Gasteiger partial charge in [0.1, 0.15) is 0 Å². The largest absolute Gasteiger partial charge is 0.481 e. The number of carboxylic acid groups (broad SMARTS) is 2. The highest BCUT2D eigenvalue weighted by Gasteiger charge is 2.62.